The zero-order valence-electron chi connectivity index (χ0n) is 11.5. The Kier molecular flexibility index (Phi) is 4.47. The van der Waals surface area contributed by atoms with Gasteiger partial charge in [-0.1, -0.05) is 30.0 Å². The van der Waals surface area contributed by atoms with Crippen molar-refractivity contribution in [3.05, 3.63) is 34.9 Å². The highest BCUT2D eigenvalue weighted by Crippen LogP contribution is 2.20. The van der Waals surface area contributed by atoms with E-state index in [2.05, 4.69) is 31.0 Å². The van der Waals surface area contributed by atoms with Crippen molar-refractivity contribution in [1.82, 2.24) is 4.90 Å². The fourth-order valence-electron chi connectivity index (χ4n) is 1.95. The normalized spacial score (nSPS) is 17.0. The number of aliphatic imine (C=N–C) groups is 1. The molecule has 1 fully saturated rings. The van der Waals surface area contributed by atoms with Gasteiger partial charge in [0.25, 0.3) is 0 Å². The molecule has 5 heteroatoms. The van der Waals surface area contributed by atoms with Gasteiger partial charge in [-0.15, -0.1) is 0 Å². The van der Waals surface area contributed by atoms with Crippen LogP contribution in [-0.4, -0.2) is 35.6 Å². The van der Waals surface area contributed by atoms with Crippen LogP contribution in [0.1, 0.15) is 16.7 Å². The van der Waals surface area contributed by atoms with Gasteiger partial charge in [0.2, 0.25) is 0 Å². The van der Waals surface area contributed by atoms with Gasteiger partial charge in [-0.25, -0.2) is 4.79 Å². The molecule has 1 aliphatic rings. The molecule has 102 valence electrons. The van der Waals surface area contributed by atoms with E-state index in [0.29, 0.717) is 13.1 Å². The molecule has 0 unspecified atom stereocenters. The fourth-order valence-corrected chi connectivity index (χ4v) is 2.88. The first-order valence-electron chi connectivity index (χ1n) is 6.21. The molecule has 1 aliphatic heterocycles. The first kappa shape index (κ1) is 13.9. The zero-order valence-corrected chi connectivity index (χ0v) is 12.3. The molecular formula is C14H18N2O2S. The van der Waals surface area contributed by atoms with Crippen LogP contribution >= 0.6 is 11.8 Å². The number of aryl methyl sites for hydroxylation is 1. The highest BCUT2D eigenvalue weighted by atomic mass is 32.2. The lowest BCUT2D eigenvalue weighted by Gasteiger charge is -2.14. The average molecular weight is 278 g/mol. The number of carbonyl (C=O) groups excluding carboxylic acids is 1. The van der Waals surface area contributed by atoms with Crippen LogP contribution < -0.4 is 0 Å². The van der Waals surface area contributed by atoms with E-state index < -0.39 is 0 Å². The van der Waals surface area contributed by atoms with Crippen molar-refractivity contribution in [2.45, 2.75) is 20.4 Å². The Morgan fingerprint density at radius 1 is 1.47 bits per heavy atom. The van der Waals surface area contributed by atoms with Crippen LogP contribution in [0.2, 0.25) is 0 Å². The number of nitrogens with zero attached hydrogens (tertiary/aromatic N) is 2. The van der Waals surface area contributed by atoms with Crippen molar-refractivity contribution in [1.29, 1.82) is 0 Å². The largest absolute Gasteiger partial charge is 0.452 e. The van der Waals surface area contributed by atoms with E-state index in [4.69, 9.17) is 4.74 Å². The maximum atomic E-state index is 11.6. The Morgan fingerprint density at radius 2 is 2.26 bits per heavy atom. The van der Waals surface area contributed by atoms with E-state index in [0.717, 1.165) is 10.9 Å². The summed E-state index contributed by atoms with van der Waals surface area (Å²) in [6.45, 7) is 5.47. The Hall–Kier alpha value is -1.49. The van der Waals surface area contributed by atoms with Crippen LogP contribution in [0, 0.1) is 13.8 Å². The molecule has 0 atom stereocenters. The third-order valence-electron chi connectivity index (χ3n) is 3.27. The van der Waals surface area contributed by atoms with Crippen molar-refractivity contribution >= 4 is 23.0 Å². The maximum Gasteiger partial charge on any atom is 0.415 e. The Labute approximate surface area is 117 Å². The van der Waals surface area contributed by atoms with Crippen molar-refractivity contribution in [2.75, 3.05) is 19.4 Å². The fraction of sp³-hybridized carbons (Fsp3) is 0.429. The van der Waals surface area contributed by atoms with Crippen molar-refractivity contribution in [3.8, 4) is 0 Å². The van der Waals surface area contributed by atoms with Crippen LogP contribution in [0.15, 0.2) is 23.2 Å². The molecule has 0 aromatic heterocycles. The molecule has 0 bridgehead atoms. The van der Waals surface area contributed by atoms with Gasteiger partial charge in [-0.05, 0) is 30.5 Å². The molecule has 0 radical (unpaired) electrons. The Morgan fingerprint density at radius 3 is 3.00 bits per heavy atom. The van der Waals surface area contributed by atoms with Gasteiger partial charge < -0.3 is 4.74 Å². The molecule has 2 rings (SSSR count). The lowest BCUT2D eigenvalue weighted by Crippen LogP contribution is -2.31. The minimum absolute atomic E-state index is 0.329. The molecule has 1 aromatic carbocycles. The SMILES string of the molecule is COC(=O)N1CCS/C1=N\Cc1cccc(C)c1C. The zero-order chi connectivity index (χ0) is 13.8. The summed E-state index contributed by atoms with van der Waals surface area (Å²) < 4.78 is 4.75. The van der Waals surface area contributed by atoms with E-state index in [9.17, 15) is 4.79 Å². The number of ether oxygens (including phenoxy) is 1. The number of rotatable bonds is 2. The number of hydrogen-bond acceptors (Lipinski definition) is 4. The topological polar surface area (TPSA) is 41.9 Å². The predicted molar refractivity (Wildman–Crippen MR) is 78.6 cm³/mol. The summed E-state index contributed by atoms with van der Waals surface area (Å²) in [5, 5.41) is 0.757. The first-order chi connectivity index (χ1) is 9.13. The summed E-state index contributed by atoms with van der Waals surface area (Å²) in [5.74, 6) is 0.876. The number of amidine groups is 1. The summed E-state index contributed by atoms with van der Waals surface area (Å²) in [5.41, 5.74) is 3.73. The number of carbonyl (C=O) groups is 1. The lowest BCUT2D eigenvalue weighted by molar-refractivity contribution is 0.149. The summed E-state index contributed by atoms with van der Waals surface area (Å²) in [6.07, 6.45) is -0.329. The smallest absolute Gasteiger partial charge is 0.415 e. The number of benzene rings is 1. The third-order valence-corrected chi connectivity index (χ3v) is 4.27. The summed E-state index contributed by atoms with van der Waals surface area (Å²) in [4.78, 5) is 17.7. The van der Waals surface area contributed by atoms with Crippen LogP contribution in [0.25, 0.3) is 0 Å². The molecular weight excluding hydrogens is 260 g/mol. The second kappa shape index (κ2) is 6.10. The van der Waals surface area contributed by atoms with Crippen molar-refractivity contribution in [3.63, 3.8) is 0 Å². The van der Waals surface area contributed by atoms with Gasteiger partial charge in [0, 0.05) is 12.3 Å². The minimum Gasteiger partial charge on any atom is -0.452 e. The molecule has 4 nitrogen and oxygen atoms in total. The summed E-state index contributed by atoms with van der Waals surface area (Å²) in [6, 6.07) is 6.21. The second-order valence-electron chi connectivity index (χ2n) is 4.43. The standard InChI is InChI=1S/C14H18N2O2S/c1-10-5-4-6-12(11(10)2)9-15-13-16(7-8-19-13)14(17)18-3/h4-6H,7-9H2,1-3H3/b15-13-. The molecule has 1 aromatic rings. The predicted octanol–water partition coefficient (Wildman–Crippen LogP) is 2.97. The van der Waals surface area contributed by atoms with Crippen molar-refractivity contribution in [2.24, 2.45) is 4.99 Å². The molecule has 0 N–H and O–H groups in total. The number of methoxy groups -OCH3 is 1. The van der Waals surface area contributed by atoms with Crippen LogP contribution in [0.3, 0.4) is 0 Å². The van der Waals surface area contributed by atoms with Crippen molar-refractivity contribution < 1.29 is 9.53 Å². The van der Waals surface area contributed by atoms with Crippen LogP contribution in [0.4, 0.5) is 4.79 Å². The molecule has 1 saturated heterocycles. The van der Waals surface area contributed by atoms with E-state index in [1.807, 2.05) is 6.07 Å². The summed E-state index contributed by atoms with van der Waals surface area (Å²) in [7, 11) is 1.40. The number of thioether (sulfide) groups is 1. The number of amides is 1. The monoisotopic (exact) mass is 278 g/mol. The van der Waals surface area contributed by atoms with E-state index in [-0.39, 0.29) is 6.09 Å². The first-order valence-corrected chi connectivity index (χ1v) is 7.20. The molecule has 0 aliphatic carbocycles. The molecule has 0 spiro atoms. The number of hydrogen-bond donors (Lipinski definition) is 0. The van der Waals surface area contributed by atoms with Gasteiger partial charge >= 0.3 is 6.09 Å². The van der Waals surface area contributed by atoms with Gasteiger partial charge in [0.15, 0.2) is 5.17 Å². The van der Waals surface area contributed by atoms with E-state index >= 15 is 0 Å². The molecule has 1 heterocycles. The third kappa shape index (κ3) is 3.10. The molecule has 19 heavy (non-hydrogen) atoms. The minimum atomic E-state index is -0.329. The average Bonchev–Trinajstić information content (AvgIpc) is 2.88. The highest BCUT2D eigenvalue weighted by molar-refractivity contribution is 8.14. The van der Waals surface area contributed by atoms with Gasteiger partial charge in [0.05, 0.1) is 13.7 Å². The summed E-state index contributed by atoms with van der Waals surface area (Å²) >= 11 is 1.60. The van der Waals surface area contributed by atoms with Gasteiger partial charge in [-0.3, -0.25) is 9.89 Å². The van der Waals surface area contributed by atoms with Gasteiger partial charge in [0.1, 0.15) is 0 Å². The maximum absolute atomic E-state index is 11.6. The Balaban J connectivity index is 2.13. The highest BCUT2D eigenvalue weighted by Gasteiger charge is 2.26. The quantitative estimate of drug-likeness (QED) is 0.835. The molecule has 0 saturated carbocycles. The Bertz CT molecular complexity index is 514. The molecule has 1 amide bonds. The van der Waals surface area contributed by atoms with E-state index in [1.54, 1.807) is 16.7 Å². The lowest BCUT2D eigenvalue weighted by atomic mass is 10.0. The van der Waals surface area contributed by atoms with Gasteiger partial charge in [-0.2, -0.15) is 0 Å². The second-order valence-corrected chi connectivity index (χ2v) is 5.49. The van der Waals surface area contributed by atoms with Crippen LogP contribution in [-0.2, 0) is 11.3 Å². The van der Waals surface area contributed by atoms with E-state index in [1.165, 1.54) is 23.8 Å². The van der Waals surface area contributed by atoms with Crippen LogP contribution in [0.5, 0.6) is 0 Å².